The Labute approximate surface area is 115 Å². The molecule has 0 fully saturated rings. The largest absolute Gasteiger partial charge is 0.329 e. The first-order chi connectivity index (χ1) is 8.72. The molecular weight excluding hydrogens is 271 g/mol. The summed E-state index contributed by atoms with van der Waals surface area (Å²) in [7, 11) is 0. The maximum atomic E-state index is 13.8. The van der Waals surface area contributed by atoms with Crippen molar-refractivity contribution in [2.75, 3.05) is 6.54 Å². The van der Waals surface area contributed by atoms with Gasteiger partial charge in [-0.15, -0.1) is 11.3 Å². The molecule has 1 atom stereocenters. The normalized spacial score (nSPS) is 12.6. The predicted molar refractivity (Wildman–Crippen MR) is 74.4 cm³/mol. The van der Waals surface area contributed by atoms with Crippen LogP contribution >= 0.6 is 22.9 Å². The summed E-state index contributed by atoms with van der Waals surface area (Å²) in [4.78, 5) is 1.18. The first-order valence-electron chi connectivity index (χ1n) is 5.62. The maximum Gasteiger partial charge on any atom is 0.129 e. The lowest BCUT2D eigenvalue weighted by Crippen LogP contribution is -2.28. The Bertz CT molecular complexity index is 481. The standard InChI is InChI=1S/C13H14ClFN2S/c14-10-4-1-5-11(15)13(10)12(7-16)17-8-9-3-2-6-18-9/h1-6,12,17H,7-8,16H2. The molecule has 0 amide bonds. The minimum Gasteiger partial charge on any atom is -0.329 e. The smallest absolute Gasteiger partial charge is 0.129 e. The van der Waals surface area contributed by atoms with E-state index in [1.807, 2.05) is 17.5 Å². The van der Waals surface area contributed by atoms with E-state index in [4.69, 9.17) is 17.3 Å². The number of nitrogens with one attached hydrogen (secondary N) is 1. The zero-order valence-electron chi connectivity index (χ0n) is 9.70. The maximum absolute atomic E-state index is 13.8. The molecule has 0 aliphatic carbocycles. The quantitative estimate of drug-likeness (QED) is 0.884. The first kappa shape index (κ1) is 13.5. The topological polar surface area (TPSA) is 38.0 Å². The molecule has 1 aromatic carbocycles. The van der Waals surface area contributed by atoms with E-state index < -0.39 is 0 Å². The molecule has 0 bridgehead atoms. The summed E-state index contributed by atoms with van der Waals surface area (Å²) in [6.45, 7) is 0.955. The molecule has 2 rings (SSSR count). The molecule has 1 aromatic heterocycles. The van der Waals surface area contributed by atoms with Crippen LogP contribution in [0.4, 0.5) is 4.39 Å². The lowest BCUT2D eigenvalue weighted by Gasteiger charge is -2.18. The summed E-state index contributed by atoms with van der Waals surface area (Å²) >= 11 is 7.68. The van der Waals surface area contributed by atoms with Crippen LogP contribution in [0, 0.1) is 5.82 Å². The van der Waals surface area contributed by atoms with Crippen molar-refractivity contribution in [1.29, 1.82) is 0 Å². The van der Waals surface area contributed by atoms with Crippen LogP contribution < -0.4 is 11.1 Å². The molecule has 2 aromatic rings. The van der Waals surface area contributed by atoms with Crippen molar-refractivity contribution in [3.63, 3.8) is 0 Å². The van der Waals surface area contributed by atoms with E-state index in [0.717, 1.165) is 0 Å². The number of hydrogen-bond acceptors (Lipinski definition) is 3. The average Bonchev–Trinajstić information content (AvgIpc) is 2.86. The van der Waals surface area contributed by atoms with Crippen molar-refractivity contribution in [3.05, 3.63) is 57.0 Å². The number of benzene rings is 1. The van der Waals surface area contributed by atoms with Crippen LogP contribution in [0.25, 0.3) is 0 Å². The highest BCUT2D eigenvalue weighted by Gasteiger charge is 2.17. The second-order valence-corrected chi connectivity index (χ2v) is 5.32. The Morgan fingerprint density at radius 1 is 1.33 bits per heavy atom. The molecule has 0 aliphatic heterocycles. The summed E-state index contributed by atoms with van der Waals surface area (Å²) in [6, 6.07) is 8.39. The monoisotopic (exact) mass is 284 g/mol. The fourth-order valence-corrected chi connectivity index (χ4v) is 2.73. The second kappa shape index (κ2) is 6.29. The highest BCUT2D eigenvalue weighted by Crippen LogP contribution is 2.25. The van der Waals surface area contributed by atoms with Gasteiger partial charge < -0.3 is 11.1 Å². The molecule has 0 spiro atoms. The van der Waals surface area contributed by atoms with E-state index in [9.17, 15) is 4.39 Å². The number of nitrogens with two attached hydrogens (primary N) is 1. The summed E-state index contributed by atoms with van der Waals surface area (Å²) in [5, 5.41) is 5.64. The van der Waals surface area contributed by atoms with Gasteiger partial charge in [-0.2, -0.15) is 0 Å². The molecule has 0 aliphatic rings. The highest BCUT2D eigenvalue weighted by molar-refractivity contribution is 7.09. The van der Waals surface area contributed by atoms with Crippen molar-refractivity contribution >= 4 is 22.9 Å². The van der Waals surface area contributed by atoms with E-state index in [1.54, 1.807) is 23.5 Å². The van der Waals surface area contributed by atoms with Crippen LogP contribution in [0.1, 0.15) is 16.5 Å². The van der Waals surface area contributed by atoms with Crippen LogP contribution in [-0.4, -0.2) is 6.54 Å². The molecule has 0 saturated heterocycles. The van der Waals surface area contributed by atoms with Crippen molar-refractivity contribution in [2.45, 2.75) is 12.6 Å². The highest BCUT2D eigenvalue weighted by atomic mass is 35.5. The van der Waals surface area contributed by atoms with Crippen LogP contribution in [0.5, 0.6) is 0 Å². The van der Waals surface area contributed by atoms with Gasteiger partial charge in [-0.3, -0.25) is 0 Å². The molecule has 0 saturated carbocycles. The van der Waals surface area contributed by atoms with Crippen molar-refractivity contribution in [3.8, 4) is 0 Å². The fraction of sp³-hybridized carbons (Fsp3) is 0.231. The lowest BCUT2D eigenvalue weighted by molar-refractivity contribution is 0.508. The molecule has 1 heterocycles. The minimum absolute atomic E-state index is 0.277. The summed E-state index contributed by atoms with van der Waals surface area (Å²) in [5.74, 6) is -0.323. The van der Waals surface area contributed by atoms with Crippen LogP contribution in [-0.2, 0) is 6.54 Å². The Morgan fingerprint density at radius 3 is 2.78 bits per heavy atom. The Balaban J connectivity index is 2.13. The van der Waals surface area contributed by atoms with Gasteiger partial charge in [0, 0.05) is 34.6 Å². The third kappa shape index (κ3) is 3.09. The van der Waals surface area contributed by atoms with Gasteiger partial charge >= 0.3 is 0 Å². The zero-order chi connectivity index (χ0) is 13.0. The Kier molecular flexibility index (Phi) is 4.72. The lowest BCUT2D eigenvalue weighted by atomic mass is 10.1. The number of hydrogen-bond donors (Lipinski definition) is 2. The molecule has 18 heavy (non-hydrogen) atoms. The van der Waals surface area contributed by atoms with Gasteiger partial charge in [-0.1, -0.05) is 23.7 Å². The molecule has 5 heteroatoms. The second-order valence-electron chi connectivity index (χ2n) is 3.88. The molecule has 2 nitrogen and oxygen atoms in total. The van der Waals surface area contributed by atoms with E-state index in [2.05, 4.69) is 5.32 Å². The average molecular weight is 285 g/mol. The third-order valence-electron chi connectivity index (χ3n) is 2.69. The molecule has 96 valence electrons. The van der Waals surface area contributed by atoms with E-state index in [1.165, 1.54) is 10.9 Å². The van der Waals surface area contributed by atoms with Gasteiger partial charge in [0.25, 0.3) is 0 Å². The van der Waals surface area contributed by atoms with Gasteiger partial charge in [-0.25, -0.2) is 4.39 Å². The van der Waals surface area contributed by atoms with E-state index >= 15 is 0 Å². The molecule has 0 radical (unpaired) electrons. The van der Waals surface area contributed by atoms with Crippen LogP contribution in [0.3, 0.4) is 0 Å². The number of rotatable bonds is 5. The molecule has 3 N–H and O–H groups in total. The van der Waals surface area contributed by atoms with Crippen LogP contribution in [0.2, 0.25) is 5.02 Å². The Hall–Kier alpha value is -0.940. The summed E-state index contributed by atoms with van der Waals surface area (Å²) < 4.78 is 13.8. The number of thiophene rings is 1. The van der Waals surface area contributed by atoms with Gasteiger partial charge in [0.2, 0.25) is 0 Å². The van der Waals surface area contributed by atoms with Gasteiger partial charge in [0.1, 0.15) is 5.82 Å². The van der Waals surface area contributed by atoms with Gasteiger partial charge in [0.15, 0.2) is 0 Å². The molecule has 1 unspecified atom stereocenters. The minimum atomic E-state index is -0.323. The summed E-state index contributed by atoms with van der Waals surface area (Å²) in [6.07, 6.45) is 0. The predicted octanol–water partition coefficient (Wildman–Crippen LogP) is 3.33. The first-order valence-corrected chi connectivity index (χ1v) is 6.88. The van der Waals surface area contributed by atoms with Crippen molar-refractivity contribution < 1.29 is 4.39 Å². The van der Waals surface area contributed by atoms with E-state index in [0.29, 0.717) is 23.7 Å². The third-order valence-corrected chi connectivity index (χ3v) is 3.89. The Morgan fingerprint density at radius 2 is 2.17 bits per heavy atom. The van der Waals surface area contributed by atoms with E-state index in [-0.39, 0.29) is 11.9 Å². The van der Waals surface area contributed by atoms with Crippen LogP contribution in [0.15, 0.2) is 35.7 Å². The number of halogens is 2. The van der Waals surface area contributed by atoms with Crippen molar-refractivity contribution in [2.24, 2.45) is 5.73 Å². The van der Waals surface area contributed by atoms with Gasteiger partial charge in [-0.05, 0) is 23.6 Å². The molecular formula is C13H14ClFN2S. The zero-order valence-corrected chi connectivity index (χ0v) is 11.3. The fourth-order valence-electron chi connectivity index (χ4n) is 1.78. The van der Waals surface area contributed by atoms with Gasteiger partial charge in [0.05, 0.1) is 0 Å². The van der Waals surface area contributed by atoms with Crippen molar-refractivity contribution in [1.82, 2.24) is 5.32 Å². The SMILES string of the molecule is NCC(NCc1cccs1)c1c(F)cccc1Cl. The summed E-state index contributed by atoms with van der Waals surface area (Å²) in [5.41, 5.74) is 6.14.